The lowest BCUT2D eigenvalue weighted by molar-refractivity contribution is 0.0285. The van der Waals surface area contributed by atoms with E-state index in [-0.39, 0.29) is 17.6 Å². The van der Waals surface area contributed by atoms with Crippen molar-refractivity contribution in [1.82, 2.24) is 4.90 Å². The molecule has 3 aromatic rings. The van der Waals surface area contributed by atoms with Crippen LogP contribution in [-0.2, 0) is 11.2 Å². The van der Waals surface area contributed by atoms with E-state index < -0.39 is 0 Å². The summed E-state index contributed by atoms with van der Waals surface area (Å²) in [6.45, 7) is 6.10. The number of carbonyl (C=O) groups excluding carboxylic acids is 2. The third kappa shape index (κ3) is 3.43. The lowest BCUT2D eigenvalue weighted by atomic mass is 10.2. The minimum atomic E-state index is -0.230. The second-order valence-electron chi connectivity index (χ2n) is 6.71. The highest BCUT2D eigenvalue weighted by Gasteiger charge is 2.28. The number of para-hydroxylation sites is 1. The topological polar surface area (TPSA) is 71.8 Å². The Morgan fingerprint density at radius 2 is 1.96 bits per heavy atom. The fourth-order valence-corrected chi connectivity index (χ4v) is 4.40. The molecular weight excluding hydrogens is 376 g/mol. The number of thiophene rings is 1. The Hall–Kier alpha value is -2.64. The summed E-state index contributed by atoms with van der Waals surface area (Å²) in [5.74, 6) is -0.290. The van der Waals surface area contributed by atoms with Gasteiger partial charge >= 0.3 is 0 Å². The van der Waals surface area contributed by atoms with E-state index in [4.69, 9.17) is 9.15 Å². The summed E-state index contributed by atoms with van der Waals surface area (Å²) in [5.41, 5.74) is 2.17. The number of furan rings is 1. The van der Waals surface area contributed by atoms with E-state index in [0.29, 0.717) is 42.5 Å². The normalized spacial score (nSPS) is 14.4. The number of nitrogens with zero attached hydrogens (tertiary/aromatic N) is 1. The number of anilines is 1. The Bertz CT molecular complexity index is 1030. The summed E-state index contributed by atoms with van der Waals surface area (Å²) in [6.07, 6.45) is 0.880. The van der Waals surface area contributed by atoms with E-state index in [0.717, 1.165) is 22.2 Å². The van der Waals surface area contributed by atoms with Gasteiger partial charge in [0.15, 0.2) is 0 Å². The first-order chi connectivity index (χ1) is 13.6. The van der Waals surface area contributed by atoms with Gasteiger partial charge in [-0.2, -0.15) is 0 Å². The summed E-state index contributed by atoms with van der Waals surface area (Å²) >= 11 is 1.46. The second-order valence-corrected chi connectivity index (χ2v) is 7.96. The molecule has 2 aromatic heterocycles. The number of nitrogens with one attached hydrogen (secondary N) is 1. The van der Waals surface area contributed by atoms with Crippen LogP contribution in [0.15, 0.2) is 34.7 Å². The van der Waals surface area contributed by atoms with Crippen LogP contribution >= 0.6 is 11.3 Å². The molecule has 0 bridgehead atoms. The monoisotopic (exact) mass is 398 g/mol. The standard InChI is InChI=1S/C21H22N2O4S/c1-3-14-12-17(28-13(14)2)20(24)22-18-15-6-4-5-7-16(15)27-19(18)21(25)23-8-10-26-11-9-23/h4-7,12H,3,8-11H2,1-2H3,(H,22,24). The highest BCUT2D eigenvalue weighted by Crippen LogP contribution is 2.33. The first kappa shape index (κ1) is 18.7. The van der Waals surface area contributed by atoms with Crippen LogP contribution in [0.25, 0.3) is 11.0 Å². The summed E-state index contributed by atoms with van der Waals surface area (Å²) in [4.78, 5) is 29.4. The molecule has 0 atom stereocenters. The maximum atomic E-state index is 13.0. The number of fused-ring (bicyclic) bond motifs is 1. The zero-order valence-electron chi connectivity index (χ0n) is 15.9. The predicted octanol–water partition coefficient (Wildman–Crippen LogP) is 4.09. The van der Waals surface area contributed by atoms with Crippen LogP contribution in [0.2, 0.25) is 0 Å². The average molecular weight is 398 g/mol. The number of morpholine rings is 1. The van der Waals surface area contributed by atoms with Crippen LogP contribution < -0.4 is 5.32 Å². The van der Waals surface area contributed by atoms with Crippen LogP contribution in [0, 0.1) is 6.92 Å². The molecule has 1 aliphatic heterocycles. The van der Waals surface area contributed by atoms with Crippen LogP contribution in [0.3, 0.4) is 0 Å². The third-order valence-corrected chi connectivity index (χ3v) is 6.04. The van der Waals surface area contributed by atoms with E-state index in [1.165, 1.54) is 11.3 Å². The Morgan fingerprint density at radius 1 is 1.21 bits per heavy atom. The van der Waals surface area contributed by atoms with Crippen molar-refractivity contribution < 1.29 is 18.7 Å². The maximum absolute atomic E-state index is 13.0. The molecule has 3 heterocycles. The van der Waals surface area contributed by atoms with Gasteiger partial charge in [-0.05, 0) is 37.1 Å². The fourth-order valence-electron chi connectivity index (χ4n) is 3.39. The zero-order valence-corrected chi connectivity index (χ0v) is 16.7. The number of amides is 2. The van der Waals surface area contributed by atoms with Crippen LogP contribution in [0.4, 0.5) is 5.69 Å². The first-order valence-electron chi connectivity index (χ1n) is 9.37. The number of hydrogen-bond donors (Lipinski definition) is 1. The van der Waals surface area contributed by atoms with E-state index in [9.17, 15) is 9.59 Å². The molecule has 146 valence electrons. The molecular formula is C21H22N2O4S. The number of ether oxygens (including phenoxy) is 1. The van der Waals surface area contributed by atoms with Gasteiger partial charge in [0.05, 0.1) is 18.1 Å². The van der Waals surface area contributed by atoms with Crippen LogP contribution in [-0.4, -0.2) is 43.0 Å². The molecule has 0 unspecified atom stereocenters. The number of aryl methyl sites for hydroxylation is 2. The molecule has 0 spiro atoms. The lowest BCUT2D eigenvalue weighted by Crippen LogP contribution is -2.40. The van der Waals surface area contributed by atoms with Crippen molar-refractivity contribution in [2.24, 2.45) is 0 Å². The van der Waals surface area contributed by atoms with Crippen molar-refractivity contribution in [2.45, 2.75) is 20.3 Å². The van der Waals surface area contributed by atoms with Gasteiger partial charge in [-0.15, -0.1) is 11.3 Å². The molecule has 1 aliphatic rings. The third-order valence-electron chi connectivity index (χ3n) is 4.95. The molecule has 4 rings (SSSR count). The molecule has 7 heteroatoms. The number of hydrogen-bond acceptors (Lipinski definition) is 5. The van der Waals surface area contributed by atoms with Gasteiger partial charge in [-0.1, -0.05) is 19.1 Å². The van der Waals surface area contributed by atoms with Crippen LogP contribution in [0.1, 0.15) is 37.6 Å². The molecule has 1 saturated heterocycles. The van der Waals surface area contributed by atoms with Crippen molar-refractivity contribution in [3.8, 4) is 0 Å². The van der Waals surface area contributed by atoms with E-state index in [1.807, 2.05) is 31.2 Å². The Balaban J connectivity index is 1.70. The van der Waals surface area contributed by atoms with E-state index >= 15 is 0 Å². The van der Waals surface area contributed by atoms with Gasteiger partial charge in [-0.25, -0.2) is 0 Å². The van der Waals surface area contributed by atoms with Gasteiger partial charge in [0, 0.05) is 23.4 Å². The molecule has 1 aromatic carbocycles. The largest absolute Gasteiger partial charge is 0.449 e. The summed E-state index contributed by atoms with van der Waals surface area (Å²) in [6, 6.07) is 9.27. The number of benzene rings is 1. The van der Waals surface area contributed by atoms with Crippen molar-refractivity contribution in [1.29, 1.82) is 0 Å². The maximum Gasteiger partial charge on any atom is 0.291 e. The molecule has 6 nitrogen and oxygen atoms in total. The summed E-state index contributed by atoms with van der Waals surface area (Å²) in [7, 11) is 0. The van der Waals surface area contributed by atoms with Crippen LogP contribution in [0.5, 0.6) is 0 Å². The summed E-state index contributed by atoms with van der Waals surface area (Å²) < 4.78 is 11.2. The highest BCUT2D eigenvalue weighted by molar-refractivity contribution is 7.14. The molecule has 28 heavy (non-hydrogen) atoms. The fraction of sp³-hybridized carbons (Fsp3) is 0.333. The first-order valence-corrected chi connectivity index (χ1v) is 10.2. The predicted molar refractivity (Wildman–Crippen MR) is 109 cm³/mol. The average Bonchev–Trinajstić information content (AvgIpc) is 3.28. The SMILES string of the molecule is CCc1cc(C(=O)Nc2c(C(=O)N3CCOCC3)oc3ccccc23)sc1C. The quantitative estimate of drug-likeness (QED) is 0.719. The smallest absolute Gasteiger partial charge is 0.291 e. The van der Waals surface area contributed by atoms with E-state index in [1.54, 1.807) is 11.0 Å². The Morgan fingerprint density at radius 3 is 2.68 bits per heavy atom. The zero-order chi connectivity index (χ0) is 19.7. The minimum Gasteiger partial charge on any atom is -0.449 e. The van der Waals surface area contributed by atoms with Crippen molar-refractivity contribution >= 4 is 39.8 Å². The van der Waals surface area contributed by atoms with Gasteiger partial charge in [0.25, 0.3) is 11.8 Å². The van der Waals surface area contributed by atoms with Gasteiger partial charge < -0.3 is 19.4 Å². The molecule has 2 amide bonds. The Kier molecular flexibility index (Phi) is 5.19. The molecule has 0 radical (unpaired) electrons. The molecule has 0 saturated carbocycles. The Labute approximate surface area is 167 Å². The number of rotatable bonds is 4. The number of carbonyl (C=O) groups is 2. The molecule has 1 N–H and O–H groups in total. The highest BCUT2D eigenvalue weighted by atomic mass is 32.1. The van der Waals surface area contributed by atoms with Crippen molar-refractivity contribution in [3.63, 3.8) is 0 Å². The summed E-state index contributed by atoms with van der Waals surface area (Å²) in [5, 5.41) is 3.65. The van der Waals surface area contributed by atoms with Gasteiger partial charge in [-0.3, -0.25) is 9.59 Å². The lowest BCUT2D eigenvalue weighted by Gasteiger charge is -2.26. The van der Waals surface area contributed by atoms with Gasteiger partial charge in [0.2, 0.25) is 5.76 Å². The van der Waals surface area contributed by atoms with E-state index in [2.05, 4.69) is 12.2 Å². The molecule has 1 fully saturated rings. The minimum absolute atomic E-state index is 0.167. The van der Waals surface area contributed by atoms with Gasteiger partial charge in [0.1, 0.15) is 11.3 Å². The van der Waals surface area contributed by atoms with Crippen molar-refractivity contribution in [3.05, 3.63) is 51.4 Å². The second kappa shape index (κ2) is 7.77. The van der Waals surface area contributed by atoms with Crippen molar-refractivity contribution in [2.75, 3.05) is 31.6 Å². The molecule has 0 aliphatic carbocycles.